The minimum absolute atomic E-state index is 0.314. The van der Waals surface area contributed by atoms with E-state index in [4.69, 9.17) is 17.3 Å². The van der Waals surface area contributed by atoms with Crippen LogP contribution < -0.4 is 5.73 Å². The second-order valence-electron chi connectivity index (χ2n) is 3.67. The largest absolute Gasteiger partial charge is 0.320 e. The molecule has 0 aliphatic rings. The first kappa shape index (κ1) is 12.6. The van der Waals surface area contributed by atoms with E-state index < -0.39 is 6.04 Å². The standard InChI is InChI=1S/C13H10BrClFN/c14-11-6-5-8(16)7-10(11)13(17)9-3-1-2-4-12(9)15/h1-7,13H,17H2. The highest BCUT2D eigenvalue weighted by Gasteiger charge is 2.15. The van der Waals surface area contributed by atoms with Crippen molar-refractivity contribution in [2.75, 3.05) is 0 Å². The van der Waals surface area contributed by atoms with Crippen LogP contribution in [-0.2, 0) is 0 Å². The van der Waals surface area contributed by atoms with Gasteiger partial charge in [-0.15, -0.1) is 0 Å². The minimum atomic E-state index is -0.450. The van der Waals surface area contributed by atoms with E-state index in [0.717, 1.165) is 10.0 Å². The molecular formula is C13H10BrClFN. The lowest BCUT2D eigenvalue weighted by Crippen LogP contribution is -2.13. The molecule has 0 saturated carbocycles. The van der Waals surface area contributed by atoms with Crippen LogP contribution >= 0.6 is 27.5 Å². The van der Waals surface area contributed by atoms with E-state index in [1.165, 1.54) is 12.1 Å². The summed E-state index contributed by atoms with van der Waals surface area (Å²) in [6, 6.07) is 11.3. The molecule has 2 N–H and O–H groups in total. The Balaban J connectivity index is 2.47. The SMILES string of the molecule is NC(c1ccccc1Cl)c1cc(F)ccc1Br. The predicted octanol–water partition coefficient (Wildman–Crippen LogP) is 4.29. The van der Waals surface area contributed by atoms with Gasteiger partial charge in [-0.05, 0) is 35.4 Å². The number of rotatable bonds is 2. The molecule has 4 heteroatoms. The molecular weight excluding hydrogens is 305 g/mol. The fourth-order valence-corrected chi connectivity index (χ4v) is 2.39. The van der Waals surface area contributed by atoms with Gasteiger partial charge in [-0.1, -0.05) is 45.7 Å². The van der Waals surface area contributed by atoms with E-state index in [9.17, 15) is 4.39 Å². The summed E-state index contributed by atoms with van der Waals surface area (Å²) in [5.74, 6) is -0.314. The van der Waals surface area contributed by atoms with Crippen molar-refractivity contribution < 1.29 is 4.39 Å². The monoisotopic (exact) mass is 313 g/mol. The van der Waals surface area contributed by atoms with Gasteiger partial charge >= 0.3 is 0 Å². The maximum atomic E-state index is 13.2. The molecule has 0 aromatic heterocycles. The molecule has 0 aliphatic carbocycles. The van der Waals surface area contributed by atoms with Crippen molar-refractivity contribution in [3.05, 3.63) is 68.9 Å². The van der Waals surface area contributed by atoms with Crippen LogP contribution in [0.1, 0.15) is 17.2 Å². The number of hydrogen-bond acceptors (Lipinski definition) is 1. The average Bonchev–Trinajstić information content (AvgIpc) is 2.32. The zero-order chi connectivity index (χ0) is 12.4. The summed E-state index contributed by atoms with van der Waals surface area (Å²) in [5.41, 5.74) is 7.56. The van der Waals surface area contributed by atoms with Crippen molar-refractivity contribution >= 4 is 27.5 Å². The zero-order valence-corrected chi connectivity index (χ0v) is 11.2. The molecule has 2 aromatic rings. The summed E-state index contributed by atoms with van der Waals surface area (Å²) < 4.78 is 14.0. The Labute approximate surface area is 113 Å². The van der Waals surface area contributed by atoms with Crippen LogP contribution in [0.4, 0.5) is 4.39 Å². The van der Waals surface area contributed by atoms with Crippen LogP contribution in [0, 0.1) is 5.82 Å². The number of benzene rings is 2. The Kier molecular flexibility index (Phi) is 3.82. The first-order chi connectivity index (χ1) is 8.09. The third kappa shape index (κ3) is 2.68. The Morgan fingerprint density at radius 1 is 1.12 bits per heavy atom. The first-order valence-electron chi connectivity index (χ1n) is 5.04. The molecule has 0 fully saturated rings. The summed E-state index contributed by atoms with van der Waals surface area (Å²) in [7, 11) is 0. The van der Waals surface area contributed by atoms with E-state index in [1.54, 1.807) is 12.1 Å². The lowest BCUT2D eigenvalue weighted by molar-refractivity contribution is 0.623. The van der Waals surface area contributed by atoms with Gasteiger partial charge in [0.2, 0.25) is 0 Å². The quantitative estimate of drug-likeness (QED) is 0.879. The molecule has 1 atom stereocenters. The average molecular weight is 315 g/mol. The van der Waals surface area contributed by atoms with E-state index >= 15 is 0 Å². The molecule has 0 heterocycles. The summed E-state index contributed by atoms with van der Waals surface area (Å²) in [5, 5.41) is 0.580. The zero-order valence-electron chi connectivity index (χ0n) is 8.83. The van der Waals surface area contributed by atoms with E-state index in [-0.39, 0.29) is 5.82 Å². The maximum Gasteiger partial charge on any atom is 0.123 e. The van der Waals surface area contributed by atoms with Crippen LogP contribution in [0.3, 0.4) is 0 Å². The Morgan fingerprint density at radius 3 is 2.53 bits per heavy atom. The fraction of sp³-hybridized carbons (Fsp3) is 0.0769. The van der Waals surface area contributed by atoms with Gasteiger partial charge in [0.1, 0.15) is 5.82 Å². The summed E-state index contributed by atoms with van der Waals surface area (Å²) in [6.45, 7) is 0. The van der Waals surface area contributed by atoms with Crippen molar-refractivity contribution in [3.8, 4) is 0 Å². The molecule has 1 unspecified atom stereocenters. The summed E-state index contributed by atoms with van der Waals surface area (Å²) in [4.78, 5) is 0. The van der Waals surface area contributed by atoms with Crippen LogP contribution in [0.2, 0.25) is 5.02 Å². The number of nitrogens with two attached hydrogens (primary N) is 1. The van der Waals surface area contributed by atoms with Crippen molar-refractivity contribution in [2.24, 2.45) is 5.73 Å². The Bertz CT molecular complexity index is 545. The lowest BCUT2D eigenvalue weighted by atomic mass is 9.99. The molecule has 0 amide bonds. The second-order valence-corrected chi connectivity index (χ2v) is 4.93. The van der Waals surface area contributed by atoms with Gasteiger partial charge in [0, 0.05) is 9.50 Å². The van der Waals surface area contributed by atoms with Gasteiger partial charge in [0.15, 0.2) is 0 Å². The molecule has 0 radical (unpaired) electrons. The Hall–Kier alpha value is -0.900. The minimum Gasteiger partial charge on any atom is -0.320 e. The first-order valence-corrected chi connectivity index (χ1v) is 6.21. The molecule has 0 spiro atoms. The highest BCUT2D eigenvalue weighted by atomic mass is 79.9. The van der Waals surface area contributed by atoms with Gasteiger partial charge in [-0.3, -0.25) is 0 Å². The number of hydrogen-bond donors (Lipinski definition) is 1. The molecule has 17 heavy (non-hydrogen) atoms. The molecule has 1 nitrogen and oxygen atoms in total. The predicted molar refractivity (Wildman–Crippen MR) is 71.6 cm³/mol. The normalized spacial score (nSPS) is 12.5. The maximum absolute atomic E-state index is 13.2. The van der Waals surface area contributed by atoms with Crippen LogP contribution in [-0.4, -0.2) is 0 Å². The van der Waals surface area contributed by atoms with E-state index in [2.05, 4.69) is 15.9 Å². The summed E-state index contributed by atoms with van der Waals surface area (Å²) >= 11 is 9.44. The van der Waals surface area contributed by atoms with Gasteiger partial charge in [-0.2, -0.15) is 0 Å². The fourth-order valence-electron chi connectivity index (χ4n) is 1.65. The third-order valence-corrected chi connectivity index (χ3v) is 3.60. The van der Waals surface area contributed by atoms with Crippen LogP contribution in [0.5, 0.6) is 0 Å². The van der Waals surface area contributed by atoms with Gasteiger partial charge in [-0.25, -0.2) is 4.39 Å². The molecule has 0 saturated heterocycles. The van der Waals surface area contributed by atoms with Crippen LogP contribution in [0.25, 0.3) is 0 Å². The van der Waals surface area contributed by atoms with Gasteiger partial charge in [0.05, 0.1) is 6.04 Å². The molecule has 2 aromatic carbocycles. The number of halogens is 3. The van der Waals surface area contributed by atoms with Crippen molar-refractivity contribution in [2.45, 2.75) is 6.04 Å². The highest BCUT2D eigenvalue weighted by molar-refractivity contribution is 9.10. The third-order valence-electron chi connectivity index (χ3n) is 2.53. The lowest BCUT2D eigenvalue weighted by Gasteiger charge is -2.15. The smallest absolute Gasteiger partial charge is 0.123 e. The molecule has 2 rings (SSSR count). The topological polar surface area (TPSA) is 26.0 Å². The van der Waals surface area contributed by atoms with E-state index in [1.807, 2.05) is 18.2 Å². The Morgan fingerprint density at radius 2 is 1.82 bits per heavy atom. The van der Waals surface area contributed by atoms with Crippen molar-refractivity contribution in [1.82, 2.24) is 0 Å². The molecule has 0 aliphatic heterocycles. The molecule has 88 valence electrons. The highest BCUT2D eigenvalue weighted by Crippen LogP contribution is 2.31. The van der Waals surface area contributed by atoms with Crippen molar-refractivity contribution in [3.63, 3.8) is 0 Å². The van der Waals surface area contributed by atoms with Gasteiger partial charge < -0.3 is 5.73 Å². The summed E-state index contributed by atoms with van der Waals surface area (Å²) in [6.07, 6.45) is 0. The van der Waals surface area contributed by atoms with Gasteiger partial charge in [0.25, 0.3) is 0 Å². The second kappa shape index (κ2) is 5.17. The van der Waals surface area contributed by atoms with Crippen molar-refractivity contribution in [1.29, 1.82) is 0 Å². The molecule has 0 bridgehead atoms. The van der Waals surface area contributed by atoms with Crippen LogP contribution in [0.15, 0.2) is 46.9 Å². The van der Waals surface area contributed by atoms with E-state index in [0.29, 0.717) is 10.6 Å².